The van der Waals surface area contributed by atoms with E-state index in [0.29, 0.717) is 5.82 Å². The Morgan fingerprint density at radius 1 is 1.41 bits per heavy atom. The molecule has 1 aliphatic rings. The molecule has 0 radical (unpaired) electrons. The van der Waals surface area contributed by atoms with Crippen LogP contribution in [0, 0.1) is 0 Å². The minimum atomic E-state index is -0.175. The van der Waals surface area contributed by atoms with E-state index in [-0.39, 0.29) is 17.3 Å². The van der Waals surface area contributed by atoms with Crippen molar-refractivity contribution in [1.82, 2.24) is 14.3 Å². The molecule has 6 nitrogen and oxygen atoms in total. The zero-order valence-corrected chi connectivity index (χ0v) is 13.5. The molecule has 0 unspecified atom stereocenters. The molecule has 1 amide bonds. The highest BCUT2D eigenvalue weighted by Gasteiger charge is 2.20. The number of fused-ring (bicyclic) bond motifs is 1. The van der Waals surface area contributed by atoms with Crippen molar-refractivity contribution in [2.75, 3.05) is 5.32 Å². The Bertz CT molecular complexity index is 728. The Morgan fingerprint density at radius 3 is 3.05 bits per heavy atom. The van der Waals surface area contributed by atoms with Crippen LogP contribution in [0.3, 0.4) is 0 Å². The highest BCUT2D eigenvalue weighted by atomic mass is 32.1. The van der Waals surface area contributed by atoms with E-state index in [0.717, 1.165) is 49.2 Å². The van der Waals surface area contributed by atoms with Crippen LogP contribution in [-0.4, -0.2) is 20.3 Å². The standard InChI is InChI=1S/C15H20N4O2S/c1-2-9-19-13(7-8-16-19)17-14(20)10-18-11-5-3-4-6-12(11)22-15(18)21/h7-8H,2-6,9-10H2,1H3,(H,17,20). The highest BCUT2D eigenvalue weighted by Crippen LogP contribution is 2.23. The first-order chi connectivity index (χ1) is 10.7. The number of hydrogen-bond donors (Lipinski definition) is 1. The molecule has 3 rings (SSSR count). The van der Waals surface area contributed by atoms with Crippen molar-refractivity contribution in [2.24, 2.45) is 0 Å². The van der Waals surface area contributed by atoms with Gasteiger partial charge in [0.1, 0.15) is 12.4 Å². The van der Waals surface area contributed by atoms with Gasteiger partial charge < -0.3 is 5.32 Å². The first kappa shape index (κ1) is 15.0. The van der Waals surface area contributed by atoms with Gasteiger partial charge in [-0.15, -0.1) is 0 Å². The van der Waals surface area contributed by atoms with Crippen molar-refractivity contribution >= 4 is 23.1 Å². The van der Waals surface area contributed by atoms with Crippen molar-refractivity contribution in [3.8, 4) is 0 Å². The molecule has 0 saturated heterocycles. The monoisotopic (exact) mass is 320 g/mol. The summed E-state index contributed by atoms with van der Waals surface area (Å²) in [6, 6.07) is 1.78. The largest absolute Gasteiger partial charge is 0.309 e. The van der Waals surface area contributed by atoms with Crippen molar-refractivity contribution in [3.05, 3.63) is 32.5 Å². The summed E-state index contributed by atoms with van der Waals surface area (Å²) < 4.78 is 3.40. The molecule has 0 fully saturated rings. The van der Waals surface area contributed by atoms with Gasteiger partial charge >= 0.3 is 4.87 Å². The summed E-state index contributed by atoms with van der Waals surface area (Å²) in [6.07, 6.45) is 6.71. The predicted molar refractivity (Wildman–Crippen MR) is 86.4 cm³/mol. The number of aromatic nitrogens is 3. The summed E-state index contributed by atoms with van der Waals surface area (Å²) in [5.41, 5.74) is 1.05. The Kier molecular flexibility index (Phi) is 4.42. The van der Waals surface area contributed by atoms with Gasteiger partial charge in [-0.05, 0) is 32.1 Å². The minimum absolute atomic E-state index is 0.0240. The van der Waals surface area contributed by atoms with E-state index in [1.165, 1.54) is 11.3 Å². The maximum Gasteiger partial charge on any atom is 0.308 e. The van der Waals surface area contributed by atoms with Crippen LogP contribution >= 0.6 is 11.3 Å². The summed E-state index contributed by atoms with van der Waals surface area (Å²) in [5, 5.41) is 7.03. The van der Waals surface area contributed by atoms with Crippen molar-refractivity contribution in [1.29, 1.82) is 0 Å². The average Bonchev–Trinajstić information content (AvgIpc) is 3.05. The number of hydrogen-bond acceptors (Lipinski definition) is 4. The molecule has 0 saturated carbocycles. The maximum atomic E-state index is 12.3. The third-order valence-corrected chi connectivity index (χ3v) is 4.95. The van der Waals surface area contributed by atoms with Gasteiger partial charge in [0.15, 0.2) is 0 Å². The van der Waals surface area contributed by atoms with Gasteiger partial charge in [-0.1, -0.05) is 18.3 Å². The molecule has 1 N–H and O–H groups in total. The van der Waals surface area contributed by atoms with E-state index < -0.39 is 0 Å². The number of rotatable bonds is 5. The Hall–Kier alpha value is -1.89. The summed E-state index contributed by atoms with van der Waals surface area (Å²) in [5.74, 6) is 0.509. The fourth-order valence-electron chi connectivity index (χ4n) is 2.84. The van der Waals surface area contributed by atoms with Crippen molar-refractivity contribution < 1.29 is 4.79 Å². The molecule has 2 aromatic heterocycles. The molecule has 2 heterocycles. The minimum Gasteiger partial charge on any atom is -0.309 e. The number of nitrogens with one attached hydrogen (secondary N) is 1. The molecule has 2 aromatic rings. The Balaban J connectivity index is 1.73. The zero-order chi connectivity index (χ0) is 15.5. The van der Waals surface area contributed by atoms with E-state index in [1.54, 1.807) is 21.5 Å². The lowest BCUT2D eigenvalue weighted by Crippen LogP contribution is -2.27. The van der Waals surface area contributed by atoms with Crippen LogP contribution in [0.5, 0.6) is 0 Å². The predicted octanol–water partition coefficient (Wildman–Crippen LogP) is 2.03. The molecule has 118 valence electrons. The molecular weight excluding hydrogens is 300 g/mol. The number of thiazole rings is 1. The number of carbonyl (C=O) groups excluding carboxylic acids is 1. The maximum absolute atomic E-state index is 12.3. The molecule has 0 atom stereocenters. The Morgan fingerprint density at radius 2 is 2.23 bits per heavy atom. The third kappa shape index (κ3) is 2.99. The lowest BCUT2D eigenvalue weighted by Gasteiger charge is -2.14. The normalized spacial score (nSPS) is 13.9. The van der Waals surface area contributed by atoms with Crippen LogP contribution in [0.15, 0.2) is 17.1 Å². The van der Waals surface area contributed by atoms with Gasteiger partial charge in [0.05, 0.1) is 6.20 Å². The number of nitrogens with zero attached hydrogens (tertiary/aromatic N) is 3. The zero-order valence-electron chi connectivity index (χ0n) is 12.7. The molecule has 0 aromatic carbocycles. The van der Waals surface area contributed by atoms with Crippen LogP contribution in [-0.2, 0) is 30.7 Å². The van der Waals surface area contributed by atoms with Crippen LogP contribution in [0.2, 0.25) is 0 Å². The van der Waals surface area contributed by atoms with E-state index in [2.05, 4.69) is 17.3 Å². The molecule has 22 heavy (non-hydrogen) atoms. The van der Waals surface area contributed by atoms with Gasteiger partial charge in [0.2, 0.25) is 5.91 Å². The topological polar surface area (TPSA) is 68.9 Å². The van der Waals surface area contributed by atoms with Crippen LogP contribution < -0.4 is 10.2 Å². The first-order valence-corrected chi connectivity index (χ1v) is 8.53. The SMILES string of the molecule is CCCn1nccc1NC(=O)Cn1c2c(sc1=O)CCCC2. The molecule has 0 bridgehead atoms. The number of carbonyl (C=O) groups is 1. The molecule has 1 aliphatic carbocycles. The van der Waals surface area contributed by atoms with E-state index in [9.17, 15) is 9.59 Å². The highest BCUT2D eigenvalue weighted by molar-refractivity contribution is 7.09. The second-order valence-corrected chi connectivity index (χ2v) is 6.57. The molecule has 0 spiro atoms. The Labute approximate surface area is 132 Å². The smallest absolute Gasteiger partial charge is 0.308 e. The van der Waals surface area contributed by atoms with Crippen molar-refractivity contribution in [3.63, 3.8) is 0 Å². The van der Waals surface area contributed by atoms with Crippen LogP contribution in [0.25, 0.3) is 0 Å². The van der Waals surface area contributed by atoms with Crippen LogP contribution in [0.4, 0.5) is 5.82 Å². The lowest BCUT2D eigenvalue weighted by atomic mass is 10.0. The van der Waals surface area contributed by atoms with Crippen LogP contribution in [0.1, 0.15) is 36.8 Å². The molecule has 0 aliphatic heterocycles. The van der Waals surface area contributed by atoms with Gasteiger partial charge in [-0.3, -0.25) is 14.2 Å². The number of amides is 1. The summed E-state index contributed by atoms with van der Waals surface area (Å²) >= 11 is 1.29. The van der Waals surface area contributed by atoms with Gasteiger partial charge in [-0.25, -0.2) is 4.68 Å². The van der Waals surface area contributed by atoms with E-state index >= 15 is 0 Å². The summed E-state index contributed by atoms with van der Waals surface area (Å²) in [7, 11) is 0. The summed E-state index contributed by atoms with van der Waals surface area (Å²) in [6.45, 7) is 2.91. The second kappa shape index (κ2) is 6.48. The van der Waals surface area contributed by atoms with Gasteiger partial charge in [0, 0.05) is 23.2 Å². The quantitative estimate of drug-likeness (QED) is 0.916. The summed E-state index contributed by atoms with van der Waals surface area (Å²) in [4.78, 5) is 25.5. The molecule has 7 heteroatoms. The van der Waals surface area contributed by atoms with Crippen molar-refractivity contribution in [2.45, 2.75) is 52.1 Å². The lowest BCUT2D eigenvalue weighted by molar-refractivity contribution is -0.116. The first-order valence-electron chi connectivity index (χ1n) is 7.72. The van der Waals surface area contributed by atoms with Gasteiger partial charge in [-0.2, -0.15) is 5.10 Å². The second-order valence-electron chi connectivity index (χ2n) is 5.52. The van der Waals surface area contributed by atoms with Gasteiger partial charge in [0.25, 0.3) is 0 Å². The number of anilines is 1. The third-order valence-electron chi connectivity index (χ3n) is 3.87. The molecular formula is C15H20N4O2S. The average molecular weight is 320 g/mol. The number of aryl methyl sites for hydroxylation is 2. The van der Waals surface area contributed by atoms with E-state index in [1.807, 2.05) is 0 Å². The van der Waals surface area contributed by atoms with E-state index in [4.69, 9.17) is 0 Å². The fraction of sp³-hybridized carbons (Fsp3) is 0.533. The fourth-order valence-corrected chi connectivity index (χ4v) is 3.91.